The maximum Gasteiger partial charge on any atom is 0.0726 e. The summed E-state index contributed by atoms with van der Waals surface area (Å²) in [6.07, 6.45) is 5.67. The predicted octanol–water partition coefficient (Wildman–Crippen LogP) is 0.895. The summed E-state index contributed by atoms with van der Waals surface area (Å²) in [5.41, 5.74) is 0. The summed E-state index contributed by atoms with van der Waals surface area (Å²) in [6, 6.07) is 1.34. The summed E-state index contributed by atoms with van der Waals surface area (Å²) in [7, 11) is 0. The molecule has 82 valence electrons. The van der Waals surface area contributed by atoms with Gasteiger partial charge in [-0.2, -0.15) is 0 Å². The lowest BCUT2D eigenvalue weighted by Crippen LogP contribution is -2.40. The van der Waals surface area contributed by atoms with Gasteiger partial charge in [0.2, 0.25) is 0 Å². The molecule has 3 heteroatoms. The van der Waals surface area contributed by atoms with E-state index in [4.69, 9.17) is 4.74 Å². The molecule has 0 aromatic rings. The quantitative estimate of drug-likeness (QED) is 0.622. The van der Waals surface area contributed by atoms with Crippen LogP contribution in [0.15, 0.2) is 0 Å². The van der Waals surface area contributed by atoms with E-state index in [0.717, 1.165) is 25.7 Å². The summed E-state index contributed by atoms with van der Waals surface area (Å²) >= 11 is 0. The number of rotatable bonds is 6. The van der Waals surface area contributed by atoms with Gasteiger partial charge in [0.25, 0.3) is 0 Å². The molecular weight excluding hydrogens is 176 g/mol. The topological polar surface area (TPSA) is 33.3 Å². The highest BCUT2D eigenvalue weighted by Crippen LogP contribution is 2.18. The first-order valence-corrected chi connectivity index (χ1v) is 5.94. The van der Waals surface area contributed by atoms with Gasteiger partial charge in [0.15, 0.2) is 0 Å². The first-order valence-electron chi connectivity index (χ1n) is 5.94. The van der Waals surface area contributed by atoms with Crippen LogP contribution in [0.25, 0.3) is 0 Å². The molecule has 1 aliphatic carbocycles. The van der Waals surface area contributed by atoms with Crippen LogP contribution in [0.4, 0.5) is 0 Å². The van der Waals surface area contributed by atoms with Gasteiger partial charge < -0.3 is 15.4 Å². The van der Waals surface area contributed by atoms with Crippen molar-refractivity contribution in [3.05, 3.63) is 0 Å². The van der Waals surface area contributed by atoms with Gasteiger partial charge in [-0.1, -0.05) is 0 Å². The van der Waals surface area contributed by atoms with Gasteiger partial charge in [-0.05, 0) is 32.6 Å². The summed E-state index contributed by atoms with van der Waals surface area (Å²) in [5.74, 6) is 0. The molecule has 1 aliphatic heterocycles. The van der Waals surface area contributed by atoms with E-state index in [1.54, 1.807) is 0 Å². The van der Waals surface area contributed by atoms with E-state index in [0.29, 0.717) is 12.1 Å². The smallest absolute Gasteiger partial charge is 0.0726 e. The van der Waals surface area contributed by atoms with Crippen LogP contribution >= 0.6 is 0 Å². The molecular formula is C11H22N2O. The van der Waals surface area contributed by atoms with E-state index < -0.39 is 0 Å². The maximum atomic E-state index is 5.62. The monoisotopic (exact) mass is 198 g/mol. The van der Waals surface area contributed by atoms with Crippen molar-refractivity contribution in [2.45, 2.75) is 50.8 Å². The van der Waals surface area contributed by atoms with Crippen LogP contribution in [0.3, 0.4) is 0 Å². The molecule has 0 amide bonds. The molecule has 2 fully saturated rings. The molecule has 1 saturated heterocycles. The summed E-state index contributed by atoms with van der Waals surface area (Å²) in [6.45, 7) is 5.35. The SMILES string of the molecule is CC(NCCNC1CC1)C1CCCO1. The first-order chi connectivity index (χ1) is 6.86. The van der Waals surface area contributed by atoms with Crippen LogP contribution in [-0.4, -0.2) is 37.9 Å². The molecule has 0 bridgehead atoms. The van der Waals surface area contributed by atoms with Crippen LogP contribution in [0, 0.1) is 0 Å². The first kappa shape index (κ1) is 10.4. The Morgan fingerprint density at radius 2 is 2.14 bits per heavy atom. The highest BCUT2D eigenvalue weighted by molar-refractivity contribution is 4.82. The molecule has 2 aliphatic rings. The molecule has 1 heterocycles. The van der Waals surface area contributed by atoms with Crippen LogP contribution < -0.4 is 10.6 Å². The molecule has 1 saturated carbocycles. The molecule has 2 rings (SSSR count). The standard InChI is InChI=1S/C11H22N2O/c1-9(11-3-2-8-14-11)12-6-7-13-10-4-5-10/h9-13H,2-8H2,1H3. The van der Waals surface area contributed by atoms with Gasteiger partial charge in [-0.25, -0.2) is 0 Å². The predicted molar refractivity (Wildman–Crippen MR) is 57.5 cm³/mol. The van der Waals surface area contributed by atoms with Crippen molar-refractivity contribution < 1.29 is 4.74 Å². The average molecular weight is 198 g/mol. The second-order valence-corrected chi connectivity index (χ2v) is 4.52. The van der Waals surface area contributed by atoms with E-state index in [1.165, 1.54) is 25.7 Å². The Balaban J connectivity index is 1.50. The molecule has 0 aromatic heterocycles. The Morgan fingerprint density at radius 1 is 1.29 bits per heavy atom. The fraction of sp³-hybridized carbons (Fsp3) is 1.00. The van der Waals surface area contributed by atoms with Gasteiger partial charge in [0, 0.05) is 31.8 Å². The van der Waals surface area contributed by atoms with E-state index in [1.807, 2.05) is 0 Å². The molecule has 0 radical (unpaired) electrons. The highest BCUT2D eigenvalue weighted by atomic mass is 16.5. The minimum Gasteiger partial charge on any atom is -0.377 e. The van der Waals surface area contributed by atoms with Crippen LogP contribution in [0.1, 0.15) is 32.6 Å². The Kier molecular flexibility index (Phi) is 3.79. The van der Waals surface area contributed by atoms with Gasteiger partial charge in [0.1, 0.15) is 0 Å². The Bertz CT molecular complexity index is 165. The fourth-order valence-electron chi connectivity index (χ4n) is 1.99. The Labute approximate surface area is 86.6 Å². The largest absolute Gasteiger partial charge is 0.377 e. The normalized spacial score (nSPS) is 29.4. The average Bonchev–Trinajstić information content (AvgIpc) is 2.84. The van der Waals surface area contributed by atoms with Crippen molar-refractivity contribution >= 4 is 0 Å². The zero-order valence-electron chi connectivity index (χ0n) is 9.09. The van der Waals surface area contributed by atoms with Crippen LogP contribution in [0.2, 0.25) is 0 Å². The van der Waals surface area contributed by atoms with Crippen molar-refractivity contribution in [3.63, 3.8) is 0 Å². The molecule has 2 N–H and O–H groups in total. The van der Waals surface area contributed by atoms with Crippen molar-refractivity contribution in [3.8, 4) is 0 Å². The zero-order valence-corrected chi connectivity index (χ0v) is 9.09. The molecule has 2 unspecified atom stereocenters. The van der Waals surface area contributed by atoms with E-state index >= 15 is 0 Å². The van der Waals surface area contributed by atoms with Gasteiger partial charge in [0.05, 0.1) is 6.10 Å². The number of nitrogens with one attached hydrogen (secondary N) is 2. The Morgan fingerprint density at radius 3 is 2.79 bits per heavy atom. The maximum absolute atomic E-state index is 5.62. The number of ether oxygens (including phenoxy) is 1. The van der Waals surface area contributed by atoms with Crippen LogP contribution in [-0.2, 0) is 4.74 Å². The number of hydrogen-bond donors (Lipinski definition) is 2. The van der Waals surface area contributed by atoms with E-state index in [2.05, 4.69) is 17.6 Å². The summed E-state index contributed by atoms with van der Waals surface area (Å²) < 4.78 is 5.62. The molecule has 14 heavy (non-hydrogen) atoms. The zero-order chi connectivity index (χ0) is 9.80. The minimum atomic E-state index is 0.455. The summed E-state index contributed by atoms with van der Waals surface area (Å²) in [4.78, 5) is 0. The van der Waals surface area contributed by atoms with Gasteiger partial charge >= 0.3 is 0 Å². The highest BCUT2D eigenvalue weighted by Gasteiger charge is 2.22. The third-order valence-corrected chi connectivity index (χ3v) is 3.12. The second-order valence-electron chi connectivity index (χ2n) is 4.52. The van der Waals surface area contributed by atoms with Crippen molar-refractivity contribution in [2.75, 3.05) is 19.7 Å². The third kappa shape index (κ3) is 3.23. The molecule has 0 aromatic carbocycles. The lowest BCUT2D eigenvalue weighted by molar-refractivity contribution is 0.0839. The van der Waals surface area contributed by atoms with Crippen molar-refractivity contribution in [1.29, 1.82) is 0 Å². The van der Waals surface area contributed by atoms with E-state index in [9.17, 15) is 0 Å². The molecule has 3 nitrogen and oxygen atoms in total. The lowest BCUT2D eigenvalue weighted by atomic mass is 10.1. The molecule has 2 atom stereocenters. The second kappa shape index (κ2) is 5.10. The van der Waals surface area contributed by atoms with Gasteiger partial charge in [-0.3, -0.25) is 0 Å². The van der Waals surface area contributed by atoms with Crippen molar-refractivity contribution in [2.24, 2.45) is 0 Å². The Hall–Kier alpha value is -0.120. The van der Waals surface area contributed by atoms with Gasteiger partial charge in [-0.15, -0.1) is 0 Å². The number of hydrogen-bond acceptors (Lipinski definition) is 3. The third-order valence-electron chi connectivity index (χ3n) is 3.12. The van der Waals surface area contributed by atoms with E-state index in [-0.39, 0.29) is 0 Å². The summed E-state index contributed by atoms with van der Waals surface area (Å²) in [5, 5.41) is 7.02. The lowest BCUT2D eigenvalue weighted by Gasteiger charge is -2.20. The minimum absolute atomic E-state index is 0.455. The van der Waals surface area contributed by atoms with Crippen molar-refractivity contribution in [1.82, 2.24) is 10.6 Å². The molecule has 0 spiro atoms. The van der Waals surface area contributed by atoms with Crippen LogP contribution in [0.5, 0.6) is 0 Å². The fourth-order valence-corrected chi connectivity index (χ4v) is 1.99.